The van der Waals surface area contributed by atoms with E-state index in [-0.39, 0.29) is 17.9 Å². The van der Waals surface area contributed by atoms with E-state index < -0.39 is 24.5 Å². The summed E-state index contributed by atoms with van der Waals surface area (Å²) >= 11 is 3.01. The lowest BCUT2D eigenvalue weighted by Crippen LogP contribution is -2.19. The molecule has 0 atom stereocenters. The van der Waals surface area contributed by atoms with Crippen LogP contribution < -0.4 is 10.5 Å². The summed E-state index contributed by atoms with van der Waals surface area (Å²) in [4.78, 5) is 11.3. The van der Waals surface area contributed by atoms with Crippen molar-refractivity contribution in [3.8, 4) is 5.75 Å². The third-order valence-electron chi connectivity index (χ3n) is 2.06. The van der Waals surface area contributed by atoms with Crippen LogP contribution >= 0.6 is 15.9 Å². The van der Waals surface area contributed by atoms with E-state index in [0.717, 1.165) is 6.07 Å². The zero-order valence-electron chi connectivity index (χ0n) is 9.88. The smallest absolute Gasteiger partial charge is 0.466 e. The molecule has 0 fully saturated rings. The molecule has 4 nitrogen and oxygen atoms in total. The fourth-order valence-corrected chi connectivity index (χ4v) is 1.85. The van der Waals surface area contributed by atoms with Gasteiger partial charge in [-0.15, -0.1) is 13.2 Å². The Balaban J connectivity index is 3.09. The van der Waals surface area contributed by atoms with Crippen LogP contribution in [0.25, 0.3) is 0 Å². The zero-order valence-corrected chi connectivity index (χ0v) is 11.5. The highest BCUT2D eigenvalue weighted by atomic mass is 79.9. The van der Waals surface area contributed by atoms with E-state index in [2.05, 4.69) is 25.4 Å². The average Bonchev–Trinajstić information content (AvgIpc) is 2.21. The lowest BCUT2D eigenvalue weighted by Gasteiger charge is -2.15. The molecule has 0 radical (unpaired) electrons. The number of hydrogen-bond donors (Lipinski definition) is 1. The highest BCUT2D eigenvalue weighted by Gasteiger charge is 2.33. The van der Waals surface area contributed by atoms with Gasteiger partial charge in [0.25, 0.3) is 0 Å². The summed E-state index contributed by atoms with van der Waals surface area (Å²) < 4.78 is 45.7. The second-order valence-corrected chi connectivity index (χ2v) is 4.42. The number of ether oxygens (including phenoxy) is 2. The molecule has 8 heteroatoms. The summed E-state index contributed by atoms with van der Waals surface area (Å²) in [6, 6.07) is 2.48. The van der Waals surface area contributed by atoms with E-state index in [1.807, 2.05) is 0 Å². The summed E-state index contributed by atoms with van der Waals surface area (Å²) in [7, 11) is 0. The minimum Gasteiger partial charge on any atom is -0.466 e. The molecule has 19 heavy (non-hydrogen) atoms. The van der Waals surface area contributed by atoms with Crippen LogP contribution in [-0.4, -0.2) is 18.9 Å². The molecule has 0 bridgehead atoms. The van der Waals surface area contributed by atoms with Crippen molar-refractivity contribution in [2.45, 2.75) is 19.7 Å². The van der Waals surface area contributed by atoms with Crippen LogP contribution in [0, 0.1) is 0 Å². The molecule has 0 saturated heterocycles. The van der Waals surface area contributed by atoms with Crippen LogP contribution in [0.15, 0.2) is 16.6 Å². The normalized spacial score (nSPS) is 11.2. The molecule has 0 aliphatic heterocycles. The first-order valence-electron chi connectivity index (χ1n) is 5.22. The number of anilines is 1. The molecule has 0 unspecified atom stereocenters. The number of alkyl halides is 3. The number of nitrogens with two attached hydrogens (primary N) is 1. The minimum absolute atomic E-state index is 0.0154. The molecule has 1 rings (SSSR count). The van der Waals surface area contributed by atoms with Gasteiger partial charge in [-0.2, -0.15) is 0 Å². The van der Waals surface area contributed by atoms with Gasteiger partial charge in [0.15, 0.2) is 0 Å². The predicted molar refractivity (Wildman–Crippen MR) is 65.6 cm³/mol. The van der Waals surface area contributed by atoms with Crippen molar-refractivity contribution in [1.82, 2.24) is 0 Å². The van der Waals surface area contributed by atoms with Gasteiger partial charge in [-0.25, -0.2) is 0 Å². The number of hydrogen-bond acceptors (Lipinski definition) is 4. The Morgan fingerprint density at radius 1 is 1.42 bits per heavy atom. The first kappa shape index (κ1) is 15.6. The summed E-state index contributed by atoms with van der Waals surface area (Å²) in [5, 5.41) is 0. The quantitative estimate of drug-likeness (QED) is 0.675. The number of halogens is 4. The second kappa shape index (κ2) is 6.14. The van der Waals surface area contributed by atoms with Gasteiger partial charge < -0.3 is 15.2 Å². The summed E-state index contributed by atoms with van der Waals surface area (Å²) in [5.41, 5.74) is 5.56. The Labute approximate surface area is 115 Å². The molecule has 0 aliphatic carbocycles. The van der Waals surface area contributed by atoms with E-state index in [9.17, 15) is 18.0 Å². The molecule has 0 heterocycles. The third kappa shape index (κ3) is 4.98. The number of carbonyl (C=O) groups excluding carboxylic acids is 1. The van der Waals surface area contributed by atoms with Crippen molar-refractivity contribution >= 4 is 27.6 Å². The molecule has 106 valence electrons. The fraction of sp³-hybridized carbons (Fsp3) is 0.364. The lowest BCUT2D eigenvalue weighted by atomic mass is 10.1. The second-order valence-electron chi connectivity index (χ2n) is 3.50. The van der Waals surface area contributed by atoms with E-state index in [1.165, 1.54) is 6.07 Å². The number of esters is 1. The maximum atomic E-state index is 12.3. The first-order valence-corrected chi connectivity index (χ1v) is 6.01. The Bertz CT molecular complexity index is 477. The van der Waals surface area contributed by atoms with Gasteiger partial charge in [-0.1, -0.05) is 15.9 Å². The number of nitrogen functional groups attached to an aromatic ring is 1. The molecular weight excluding hydrogens is 331 g/mol. The number of benzene rings is 1. The molecule has 0 aliphatic rings. The minimum atomic E-state index is -4.86. The van der Waals surface area contributed by atoms with Crippen molar-refractivity contribution in [3.05, 3.63) is 22.2 Å². The summed E-state index contributed by atoms with van der Waals surface area (Å²) in [6.45, 7) is 1.72. The molecule has 1 aromatic rings. The largest absolute Gasteiger partial charge is 0.573 e. The third-order valence-corrected chi connectivity index (χ3v) is 2.52. The van der Waals surface area contributed by atoms with Gasteiger partial charge in [-0.3, -0.25) is 4.79 Å². The molecule has 0 spiro atoms. The van der Waals surface area contributed by atoms with Crippen molar-refractivity contribution in [1.29, 1.82) is 0 Å². The Morgan fingerprint density at radius 2 is 2.05 bits per heavy atom. The van der Waals surface area contributed by atoms with Crippen LogP contribution in [0.2, 0.25) is 0 Å². The molecular formula is C11H11BrF3NO3. The van der Waals surface area contributed by atoms with Crippen molar-refractivity contribution in [3.63, 3.8) is 0 Å². The lowest BCUT2D eigenvalue weighted by molar-refractivity contribution is -0.274. The first-order chi connectivity index (χ1) is 8.73. The Hall–Kier alpha value is -1.44. The molecule has 0 saturated carbocycles. The standard InChI is InChI=1S/C11H11BrF3NO3/c1-2-18-10(17)5-7-8(16)3-6(12)4-9(7)19-11(13,14)15/h3-4H,2,5,16H2,1H3. The highest BCUT2D eigenvalue weighted by molar-refractivity contribution is 9.10. The summed E-state index contributed by atoms with van der Waals surface area (Å²) in [6.07, 6.45) is -5.25. The molecule has 2 N–H and O–H groups in total. The van der Waals surface area contributed by atoms with Gasteiger partial charge in [0, 0.05) is 15.7 Å². The van der Waals surface area contributed by atoms with Gasteiger partial charge in [0.2, 0.25) is 0 Å². The van der Waals surface area contributed by atoms with Crippen LogP contribution in [-0.2, 0) is 16.0 Å². The van der Waals surface area contributed by atoms with Crippen molar-refractivity contribution in [2.75, 3.05) is 12.3 Å². The van der Waals surface area contributed by atoms with E-state index in [0.29, 0.717) is 4.47 Å². The molecule has 1 aromatic carbocycles. The van der Waals surface area contributed by atoms with Crippen LogP contribution in [0.1, 0.15) is 12.5 Å². The monoisotopic (exact) mass is 341 g/mol. The van der Waals surface area contributed by atoms with Crippen LogP contribution in [0.4, 0.5) is 18.9 Å². The molecule has 0 amide bonds. The van der Waals surface area contributed by atoms with Crippen LogP contribution in [0.5, 0.6) is 5.75 Å². The Morgan fingerprint density at radius 3 is 2.58 bits per heavy atom. The van der Waals surface area contributed by atoms with E-state index >= 15 is 0 Å². The van der Waals surface area contributed by atoms with Gasteiger partial charge in [0.05, 0.1) is 13.0 Å². The average molecular weight is 342 g/mol. The maximum absolute atomic E-state index is 12.3. The topological polar surface area (TPSA) is 61.5 Å². The molecule has 0 aromatic heterocycles. The zero-order chi connectivity index (χ0) is 14.6. The predicted octanol–water partition coefficient (Wildman–Crippen LogP) is 3.04. The van der Waals surface area contributed by atoms with Crippen LogP contribution in [0.3, 0.4) is 0 Å². The SMILES string of the molecule is CCOC(=O)Cc1c(N)cc(Br)cc1OC(F)(F)F. The number of carbonyl (C=O) groups is 1. The maximum Gasteiger partial charge on any atom is 0.573 e. The van der Waals surface area contributed by atoms with Gasteiger partial charge in [0.1, 0.15) is 5.75 Å². The fourth-order valence-electron chi connectivity index (χ4n) is 1.39. The van der Waals surface area contributed by atoms with Crippen molar-refractivity contribution in [2.24, 2.45) is 0 Å². The summed E-state index contributed by atoms with van der Waals surface area (Å²) in [5.74, 6) is -1.20. The highest BCUT2D eigenvalue weighted by Crippen LogP contribution is 2.33. The number of rotatable bonds is 4. The van der Waals surface area contributed by atoms with E-state index in [1.54, 1.807) is 6.92 Å². The van der Waals surface area contributed by atoms with Gasteiger partial charge >= 0.3 is 12.3 Å². The van der Waals surface area contributed by atoms with E-state index in [4.69, 9.17) is 5.73 Å². The Kier molecular flexibility index (Phi) is 5.04. The van der Waals surface area contributed by atoms with Crippen molar-refractivity contribution < 1.29 is 27.4 Å². The van der Waals surface area contributed by atoms with Gasteiger partial charge in [-0.05, 0) is 19.1 Å².